The molecule has 198 valence electrons. The fourth-order valence-electron chi connectivity index (χ4n) is 4.14. The second-order valence-electron chi connectivity index (χ2n) is 8.94. The van der Waals surface area contributed by atoms with Gasteiger partial charge in [-0.1, -0.05) is 0 Å². The molecular formula is C23H22ClF5N6O2. The summed E-state index contributed by atoms with van der Waals surface area (Å²) in [5.41, 5.74) is 0.253. The molecule has 1 aliphatic carbocycles. The average molecular weight is 545 g/mol. The Kier molecular flexibility index (Phi) is 7.27. The Hall–Kier alpha value is -3.48. The smallest absolute Gasteiger partial charge is 0.367 e. The van der Waals surface area contributed by atoms with Gasteiger partial charge in [-0.15, -0.1) is 12.4 Å². The van der Waals surface area contributed by atoms with Gasteiger partial charge in [-0.25, -0.2) is 13.8 Å². The number of amides is 2. The van der Waals surface area contributed by atoms with Gasteiger partial charge in [0, 0.05) is 36.8 Å². The quantitative estimate of drug-likeness (QED) is 0.443. The Morgan fingerprint density at radius 3 is 2.46 bits per heavy atom. The van der Waals surface area contributed by atoms with Crippen molar-refractivity contribution in [2.45, 2.75) is 37.5 Å². The molecule has 0 spiro atoms. The van der Waals surface area contributed by atoms with E-state index >= 15 is 0 Å². The van der Waals surface area contributed by atoms with E-state index in [1.165, 1.54) is 11.1 Å². The standard InChI is InChI=1S/C23H21F5N6O2.ClH/c24-15-3-4-16(25)21-19(15)20(32-34(21)10-18(35)30-11-23(26,27)28)13-8-33(9-13)22(36)12-5-6-29-17(7-12)31-14-1-2-14;/h3-7,13-14H,1-2,8-11H2,(H,29,31)(H,30,35);1H. The van der Waals surface area contributed by atoms with E-state index in [4.69, 9.17) is 0 Å². The number of nitrogens with zero attached hydrogens (tertiary/aromatic N) is 4. The van der Waals surface area contributed by atoms with Crippen LogP contribution in [-0.2, 0) is 11.3 Å². The van der Waals surface area contributed by atoms with E-state index in [2.05, 4.69) is 15.4 Å². The molecule has 0 atom stereocenters. The number of benzene rings is 1. The Labute approximate surface area is 213 Å². The molecule has 3 heterocycles. The fourth-order valence-corrected chi connectivity index (χ4v) is 4.14. The third-order valence-electron chi connectivity index (χ3n) is 6.09. The fraction of sp³-hybridized carbons (Fsp3) is 0.391. The zero-order valence-electron chi connectivity index (χ0n) is 19.2. The molecule has 1 saturated heterocycles. The summed E-state index contributed by atoms with van der Waals surface area (Å²) in [6.07, 6.45) is -0.979. The largest absolute Gasteiger partial charge is 0.405 e. The molecule has 2 N–H and O–H groups in total. The summed E-state index contributed by atoms with van der Waals surface area (Å²) in [6.45, 7) is -1.93. The van der Waals surface area contributed by atoms with Crippen molar-refractivity contribution >= 4 is 40.9 Å². The highest BCUT2D eigenvalue weighted by Gasteiger charge is 2.37. The minimum atomic E-state index is -4.62. The topological polar surface area (TPSA) is 92.2 Å². The summed E-state index contributed by atoms with van der Waals surface area (Å²) >= 11 is 0. The Morgan fingerprint density at radius 2 is 1.78 bits per heavy atom. The number of nitrogens with one attached hydrogen (secondary N) is 2. The highest BCUT2D eigenvalue weighted by atomic mass is 35.5. The van der Waals surface area contributed by atoms with E-state index in [-0.39, 0.29) is 48.0 Å². The van der Waals surface area contributed by atoms with E-state index in [9.17, 15) is 31.5 Å². The summed E-state index contributed by atoms with van der Waals surface area (Å²) in [5, 5.41) is 8.93. The van der Waals surface area contributed by atoms with Crippen LogP contribution < -0.4 is 10.6 Å². The Morgan fingerprint density at radius 1 is 1.08 bits per heavy atom. The van der Waals surface area contributed by atoms with Crippen LogP contribution in [0.4, 0.5) is 27.8 Å². The van der Waals surface area contributed by atoms with Crippen molar-refractivity contribution < 1.29 is 31.5 Å². The number of carbonyl (C=O) groups excluding carboxylic acids is 2. The maximum atomic E-state index is 14.7. The zero-order valence-corrected chi connectivity index (χ0v) is 20.0. The van der Waals surface area contributed by atoms with Crippen molar-refractivity contribution in [2.24, 2.45) is 0 Å². The Bertz CT molecular complexity index is 1340. The van der Waals surface area contributed by atoms with Gasteiger partial charge in [-0.05, 0) is 37.1 Å². The average Bonchev–Trinajstić information content (AvgIpc) is 3.53. The third-order valence-corrected chi connectivity index (χ3v) is 6.09. The first-order valence-corrected chi connectivity index (χ1v) is 11.3. The molecule has 3 aromatic rings. The number of hydrogen-bond acceptors (Lipinski definition) is 5. The highest BCUT2D eigenvalue weighted by molar-refractivity contribution is 5.96. The van der Waals surface area contributed by atoms with E-state index in [0.717, 1.165) is 29.7 Å². The summed E-state index contributed by atoms with van der Waals surface area (Å²) in [5.74, 6) is -2.80. The number of rotatable bonds is 7. The van der Waals surface area contributed by atoms with E-state index in [1.807, 2.05) is 0 Å². The van der Waals surface area contributed by atoms with Crippen LogP contribution in [0.2, 0.25) is 0 Å². The van der Waals surface area contributed by atoms with Gasteiger partial charge < -0.3 is 15.5 Å². The van der Waals surface area contributed by atoms with E-state index in [0.29, 0.717) is 17.4 Å². The molecule has 0 bridgehead atoms. The lowest BCUT2D eigenvalue weighted by molar-refractivity contribution is -0.138. The van der Waals surface area contributed by atoms with Gasteiger partial charge >= 0.3 is 6.18 Å². The second-order valence-corrected chi connectivity index (χ2v) is 8.94. The number of hydrogen-bond donors (Lipinski definition) is 2. The summed E-state index contributed by atoms with van der Waals surface area (Å²) in [4.78, 5) is 30.7. The van der Waals surface area contributed by atoms with Gasteiger partial charge in [0.05, 0.1) is 11.1 Å². The van der Waals surface area contributed by atoms with Crippen molar-refractivity contribution in [3.8, 4) is 0 Å². The van der Waals surface area contributed by atoms with Gasteiger partial charge in [0.2, 0.25) is 5.91 Å². The molecule has 2 amide bonds. The number of aromatic nitrogens is 3. The lowest BCUT2D eigenvalue weighted by Gasteiger charge is -2.38. The number of carbonyl (C=O) groups is 2. The van der Waals surface area contributed by atoms with Gasteiger partial charge in [-0.3, -0.25) is 14.3 Å². The molecule has 2 fully saturated rings. The number of pyridine rings is 1. The van der Waals surface area contributed by atoms with Crippen LogP contribution >= 0.6 is 12.4 Å². The van der Waals surface area contributed by atoms with Crippen molar-refractivity contribution in [3.05, 3.63) is 53.4 Å². The maximum absolute atomic E-state index is 14.7. The molecule has 2 aromatic heterocycles. The molecule has 8 nitrogen and oxygen atoms in total. The van der Waals surface area contributed by atoms with Gasteiger partial charge in [0.25, 0.3) is 5.91 Å². The number of alkyl halides is 3. The highest BCUT2D eigenvalue weighted by Crippen LogP contribution is 2.35. The number of likely N-dealkylation sites (tertiary alicyclic amines) is 1. The molecule has 1 aromatic carbocycles. The van der Waals surface area contributed by atoms with Crippen LogP contribution in [0.5, 0.6) is 0 Å². The molecule has 1 saturated carbocycles. The van der Waals surface area contributed by atoms with Crippen LogP contribution in [0.25, 0.3) is 10.9 Å². The lowest BCUT2D eigenvalue weighted by Crippen LogP contribution is -2.48. The molecule has 5 rings (SSSR count). The SMILES string of the molecule is Cl.O=C(Cn1nc(C2CN(C(=O)c3ccnc(NC4CC4)c3)C2)c2c(F)ccc(F)c21)NCC(F)(F)F. The maximum Gasteiger partial charge on any atom is 0.405 e. The first-order chi connectivity index (χ1) is 17.1. The van der Waals surface area contributed by atoms with Crippen LogP contribution in [0.15, 0.2) is 30.5 Å². The van der Waals surface area contributed by atoms with Crippen molar-refractivity contribution in [1.29, 1.82) is 0 Å². The normalized spacial score (nSPS) is 15.8. The van der Waals surface area contributed by atoms with Crippen molar-refractivity contribution in [2.75, 3.05) is 25.0 Å². The van der Waals surface area contributed by atoms with Crippen LogP contribution in [0.3, 0.4) is 0 Å². The minimum Gasteiger partial charge on any atom is -0.367 e. The third kappa shape index (κ3) is 5.76. The molecule has 37 heavy (non-hydrogen) atoms. The second kappa shape index (κ2) is 10.1. The molecular weight excluding hydrogens is 523 g/mol. The zero-order chi connectivity index (χ0) is 25.6. The molecule has 0 radical (unpaired) electrons. The molecule has 0 unspecified atom stereocenters. The number of fused-ring (bicyclic) bond motifs is 1. The van der Waals surface area contributed by atoms with Gasteiger partial charge in [0.15, 0.2) is 0 Å². The molecule has 14 heteroatoms. The molecule has 2 aliphatic rings. The van der Waals surface area contributed by atoms with Crippen molar-refractivity contribution in [3.63, 3.8) is 0 Å². The monoisotopic (exact) mass is 544 g/mol. The van der Waals surface area contributed by atoms with Crippen LogP contribution in [0, 0.1) is 11.6 Å². The van der Waals surface area contributed by atoms with E-state index in [1.54, 1.807) is 17.4 Å². The molecule has 1 aliphatic heterocycles. The minimum absolute atomic E-state index is 0. The van der Waals surface area contributed by atoms with E-state index < -0.39 is 42.7 Å². The predicted octanol–water partition coefficient (Wildman–Crippen LogP) is 3.62. The van der Waals surface area contributed by atoms with Gasteiger partial charge in [-0.2, -0.15) is 18.3 Å². The summed E-state index contributed by atoms with van der Waals surface area (Å²) < 4.78 is 67.4. The van der Waals surface area contributed by atoms with Crippen molar-refractivity contribution in [1.82, 2.24) is 25.0 Å². The lowest BCUT2D eigenvalue weighted by atomic mass is 9.93. The Balaban J connectivity index is 0.00000320. The first-order valence-electron chi connectivity index (χ1n) is 11.3. The number of halogens is 6. The first kappa shape index (κ1) is 26.6. The number of anilines is 1. The summed E-state index contributed by atoms with van der Waals surface area (Å²) in [7, 11) is 0. The van der Waals surface area contributed by atoms with Crippen LogP contribution in [0.1, 0.15) is 34.8 Å². The van der Waals surface area contributed by atoms with Crippen LogP contribution in [-0.4, -0.2) is 63.3 Å². The predicted molar refractivity (Wildman–Crippen MR) is 125 cm³/mol. The van der Waals surface area contributed by atoms with Gasteiger partial charge in [0.1, 0.15) is 36.1 Å². The summed E-state index contributed by atoms with van der Waals surface area (Å²) in [6, 6.07) is 5.40.